The van der Waals surface area contributed by atoms with Crippen LogP contribution in [0.4, 0.5) is 5.82 Å². The average Bonchev–Trinajstić information content (AvgIpc) is 3.12. The molecule has 0 radical (unpaired) electrons. The van der Waals surface area contributed by atoms with Gasteiger partial charge in [-0.1, -0.05) is 137 Å². The number of nitrogens with one attached hydrogen (secondary N) is 2. The number of hydrazone groups is 1. The van der Waals surface area contributed by atoms with Gasteiger partial charge >= 0.3 is 0 Å². The standard InChI is InChI=1S/C37H27BrN8/c38-27-21-19-26(20-22-27)35-32(23-39-42-36-30-17-9-7-15-28(30)33(40-43-36)24-11-3-1-4-12-24)46-37(44-41-35)31-18-10-8-16-29(31)34(45-46)25-13-5-2-6-14-25/h1-22,32,39H,23H2,(H,42,43). The first-order valence-electron chi connectivity index (χ1n) is 15.0. The Morgan fingerprint density at radius 3 is 2.02 bits per heavy atom. The molecule has 2 aliphatic rings. The van der Waals surface area contributed by atoms with Crippen molar-refractivity contribution in [3.05, 3.63) is 160 Å². The maximum absolute atomic E-state index is 5.24. The third kappa shape index (κ3) is 5.15. The van der Waals surface area contributed by atoms with E-state index in [1.54, 1.807) is 0 Å². The van der Waals surface area contributed by atoms with E-state index in [9.17, 15) is 0 Å². The van der Waals surface area contributed by atoms with E-state index in [-0.39, 0.29) is 6.04 Å². The van der Waals surface area contributed by atoms with Crippen LogP contribution in [0.2, 0.25) is 0 Å². The van der Waals surface area contributed by atoms with Crippen LogP contribution in [0.25, 0.3) is 22.0 Å². The van der Waals surface area contributed by atoms with Gasteiger partial charge < -0.3 is 5.43 Å². The van der Waals surface area contributed by atoms with Gasteiger partial charge in [0.05, 0.1) is 11.4 Å². The Balaban J connectivity index is 1.16. The summed E-state index contributed by atoms with van der Waals surface area (Å²) in [4.78, 5) is 0. The lowest BCUT2D eigenvalue weighted by atomic mass is 9.93. The Labute approximate surface area is 274 Å². The molecule has 0 bridgehead atoms. The first kappa shape index (κ1) is 28.0. The first-order valence-corrected chi connectivity index (χ1v) is 15.8. The van der Waals surface area contributed by atoms with Gasteiger partial charge in [0.15, 0.2) is 11.7 Å². The van der Waals surface area contributed by atoms with Crippen LogP contribution in [0.15, 0.2) is 153 Å². The predicted octanol–water partition coefficient (Wildman–Crippen LogP) is 7.28. The molecule has 1 atom stereocenters. The SMILES string of the molecule is Brc1ccc(C2=NN=C3c4ccccc4C(c4ccccc4)=NN3C2CNNc2nnc(-c3ccccc3)c3ccccc23)cc1. The van der Waals surface area contributed by atoms with E-state index in [1.807, 2.05) is 102 Å². The van der Waals surface area contributed by atoms with Crippen molar-refractivity contribution in [3.63, 3.8) is 0 Å². The fourth-order valence-electron chi connectivity index (χ4n) is 5.92. The van der Waals surface area contributed by atoms with Gasteiger partial charge in [0.1, 0.15) is 11.7 Å². The second-order valence-electron chi connectivity index (χ2n) is 11.0. The highest BCUT2D eigenvalue weighted by atomic mass is 79.9. The zero-order chi connectivity index (χ0) is 30.9. The maximum Gasteiger partial charge on any atom is 0.180 e. The summed E-state index contributed by atoms with van der Waals surface area (Å²) >= 11 is 3.56. The highest BCUT2D eigenvalue weighted by Crippen LogP contribution is 2.31. The van der Waals surface area contributed by atoms with Crippen molar-refractivity contribution in [3.8, 4) is 11.3 Å². The zero-order valence-corrected chi connectivity index (χ0v) is 26.1. The number of aromatic nitrogens is 2. The van der Waals surface area contributed by atoms with Gasteiger partial charge in [-0.2, -0.15) is 10.2 Å². The Morgan fingerprint density at radius 1 is 0.609 bits per heavy atom. The number of nitrogens with zero attached hydrogens (tertiary/aromatic N) is 6. The molecule has 2 N–H and O–H groups in total. The quantitative estimate of drug-likeness (QED) is 0.175. The van der Waals surface area contributed by atoms with Crippen molar-refractivity contribution in [1.82, 2.24) is 20.6 Å². The summed E-state index contributed by atoms with van der Waals surface area (Å²) in [7, 11) is 0. The third-order valence-corrected chi connectivity index (χ3v) is 8.66. The van der Waals surface area contributed by atoms with E-state index in [0.717, 1.165) is 60.2 Å². The smallest absolute Gasteiger partial charge is 0.180 e. The minimum Gasteiger partial charge on any atom is -0.304 e. The minimum absolute atomic E-state index is 0.295. The number of benzene rings is 5. The summed E-state index contributed by atoms with van der Waals surface area (Å²) in [6.07, 6.45) is 0. The van der Waals surface area contributed by atoms with Crippen molar-refractivity contribution >= 4 is 49.8 Å². The number of fused-ring (bicyclic) bond motifs is 4. The van der Waals surface area contributed by atoms with E-state index in [0.29, 0.717) is 18.2 Å². The predicted molar refractivity (Wildman–Crippen MR) is 188 cm³/mol. The number of rotatable bonds is 7. The lowest BCUT2D eigenvalue weighted by molar-refractivity contribution is 0.376. The Hall–Kier alpha value is -5.51. The summed E-state index contributed by atoms with van der Waals surface area (Å²) in [6.45, 7) is 0.443. The van der Waals surface area contributed by atoms with Crippen LogP contribution < -0.4 is 10.9 Å². The number of halogens is 1. The monoisotopic (exact) mass is 662 g/mol. The van der Waals surface area contributed by atoms with Crippen LogP contribution in [-0.4, -0.2) is 45.1 Å². The summed E-state index contributed by atoms with van der Waals surface area (Å²) in [6, 6.07) is 44.6. The van der Waals surface area contributed by atoms with Crippen LogP contribution >= 0.6 is 15.9 Å². The molecule has 8 nitrogen and oxygen atoms in total. The largest absolute Gasteiger partial charge is 0.304 e. The highest BCUT2D eigenvalue weighted by molar-refractivity contribution is 9.10. The van der Waals surface area contributed by atoms with Crippen LogP contribution in [0, 0.1) is 0 Å². The normalized spacial score (nSPS) is 15.4. The van der Waals surface area contributed by atoms with Gasteiger partial charge in [-0.25, -0.2) is 10.4 Å². The van der Waals surface area contributed by atoms with Crippen molar-refractivity contribution in [2.24, 2.45) is 15.3 Å². The molecule has 0 aliphatic carbocycles. The lowest BCUT2D eigenvalue weighted by Crippen LogP contribution is -2.52. The molecule has 222 valence electrons. The molecule has 9 heteroatoms. The topological polar surface area (TPSA) is 90.2 Å². The third-order valence-electron chi connectivity index (χ3n) is 8.14. The molecule has 5 aromatic carbocycles. The highest BCUT2D eigenvalue weighted by Gasteiger charge is 2.36. The molecule has 3 heterocycles. The zero-order valence-electron chi connectivity index (χ0n) is 24.5. The van der Waals surface area contributed by atoms with Crippen molar-refractivity contribution in [2.45, 2.75) is 6.04 Å². The summed E-state index contributed by atoms with van der Waals surface area (Å²) in [5.41, 5.74) is 14.3. The van der Waals surface area contributed by atoms with E-state index < -0.39 is 0 Å². The lowest BCUT2D eigenvalue weighted by Gasteiger charge is -2.37. The van der Waals surface area contributed by atoms with Crippen molar-refractivity contribution in [2.75, 3.05) is 12.0 Å². The van der Waals surface area contributed by atoms with Crippen LogP contribution in [-0.2, 0) is 0 Å². The van der Waals surface area contributed by atoms with Gasteiger partial charge in [-0.15, -0.1) is 15.3 Å². The van der Waals surface area contributed by atoms with Gasteiger partial charge in [-0.3, -0.25) is 0 Å². The summed E-state index contributed by atoms with van der Waals surface area (Å²) in [5, 5.41) is 28.0. The van der Waals surface area contributed by atoms with Crippen LogP contribution in [0.5, 0.6) is 0 Å². The second kappa shape index (κ2) is 12.1. The fourth-order valence-corrected chi connectivity index (χ4v) is 6.18. The molecule has 8 rings (SSSR count). The first-order chi connectivity index (χ1) is 22.7. The van der Waals surface area contributed by atoms with E-state index in [4.69, 9.17) is 15.3 Å². The number of hydrogen-bond acceptors (Lipinski definition) is 8. The Bertz CT molecular complexity index is 2140. The summed E-state index contributed by atoms with van der Waals surface area (Å²) in [5.74, 6) is 1.35. The Morgan fingerprint density at radius 2 is 1.26 bits per heavy atom. The molecule has 0 amide bonds. The number of hydrazine groups is 1. The molecule has 6 aromatic rings. The Kier molecular flexibility index (Phi) is 7.37. The maximum atomic E-state index is 5.24. The molecule has 46 heavy (non-hydrogen) atoms. The average molecular weight is 664 g/mol. The molecule has 0 saturated carbocycles. The molecule has 0 spiro atoms. The number of anilines is 1. The van der Waals surface area contributed by atoms with Gasteiger partial charge in [-0.05, 0) is 12.1 Å². The molecule has 0 saturated heterocycles. The van der Waals surface area contributed by atoms with Crippen LogP contribution in [0.3, 0.4) is 0 Å². The van der Waals surface area contributed by atoms with Gasteiger partial charge in [0.2, 0.25) is 0 Å². The van der Waals surface area contributed by atoms with Gasteiger partial charge in [0.25, 0.3) is 0 Å². The number of hydrogen-bond donors (Lipinski definition) is 2. The van der Waals surface area contributed by atoms with E-state index in [1.165, 1.54) is 0 Å². The second-order valence-corrected chi connectivity index (χ2v) is 11.9. The molecular weight excluding hydrogens is 636 g/mol. The van der Waals surface area contributed by atoms with E-state index in [2.05, 4.69) is 73.4 Å². The number of amidine groups is 1. The molecular formula is C37H27BrN8. The molecule has 2 aliphatic heterocycles. The minimum atomic E-state index is -0.295. The summed E-state index contributed by atoms with van der Waals surface area (Å²) < 4.78 is 0.994. The fraction of sp³-hybridized carbons (Fsp3) is 0.0541. The molecule has 1 unspecified atom stereocenters. The van der Waals surface area contributed by atoms with Crippen molar-refractivity contribution in [1.29, 1.82) is 0 Å². The van der Waals surface area contributed by atoms with Gasteiger partial charge in [0, 0.05) is 49.6 Å². The van der Waals surface area contributed by atoms with E-state index >= 15 is 0 Å². The van der Waals surface area contributed by atoms with Crippen molar-refractivity contribution < 1.29 is 0 Å². The van der Waals surface area contributed by atoms with Crippen LogP contribution in [0.1, 0.15) is 22.3 Å². The molecule has 1 aromatic heterocycles. The molecule has 0 fully saturated rings.